The van der Waals surface area contributed by atoms with Crippen molar-refractivity contribution < 1.29 is 6.17 Å². The van der Waals surface area contributed by atoms with Gasteiger partial charge in [-0.25, -0.2) is 0 Å². The van der Waals surface area contributed by atoms with Gasteiger partial charge in [-0.1, -0.05) is 24.6 Å². The summed E-state index contributed by atoms with van der Waals surface area (Å²) in [5, 5.41) is 8.22. The third-order valence-electron chi connectivity index (χ3n) is 5.45. The first kappa shape index (κ1) is 13.5. The van der Waals surface area contributed by atoms with Crippen LogP contribution in [0.15, 0.2) is 24.3 Å². The third-order valence-corrected chi connectivity index (χ3v) is 5.45. The zero-order valence-corrected chi connectivity index (χ0v) is 13.7. The molecule has 23 heavy (non-hydrogen) atoms. The minimum Gasteiger partial charge on any atom is -0.348 e. The largest absolute Gasteiger partial charge is 0.348 e. The molecule has 0 saturated carbocycles. The van der Waals surface area contributed by atoms with Gasteiger partial charge in [-0.2, -0.15) is 5.10 Å². The number of benzene rings is 1. The number of para-hydroxylation sites is 1. The zero-order valence-electron chi connectivity index (χ0n) is 14.7. The molecular weight excluding hydrogens is 288 g/mol. The van der Waals surface area contributed by atoms with Crippen molar-refractivity contribution in [1.29, 1.82) is 0 Å². The molecule has 1 amide bonds. The van der Waals surface area contributed by atoms with E-state index in [1.807, 2.05) is 31.3 Å². The molecule has 1 aromatic carbocycles. The van der Waals surface area contributed by atoms with E-state index >= 15 is 0 Å². The molecule has 2 bridgehead atoms. The van der Waals surface area contributed by atoms with E-state index in [9.17, 15) is 4.79 Å². The molecule has 2 aromatic rings. The van der Waals surface area contributed by atoms with Crippen LogP contribution in [0.4, 0.5) is 0 Å². The number of aromatic nitrogens is 2. The smallest absolute Gasteiger partial charge is 0.272 e. The van der Waals surface area contributed by atoms with Gasteiger partial charge in [-0.15, -0.1) is 0 Å². The fourth-order valence-electron chi connectivity index (χ4n) is 4.14. The average Bonchev–Trinajstić information content (AvgIpc) is 2.87. The number of aryl methyl sites for hydroxylation is 1. The number of rotatable bonds is 2. The van der Waals surface area contributed by atoms with E-state index in [1.165, 1.54) is 6.42 Å². The summed E-state index contributed by atoms with van der Waals surface area (Å²) < 4.78 is 10.5. The number of hydrogen-bond acceptors (Lipinski definition) is 3. The topological polar surface area (TPSA) is 50.2 Å². The van der Waals surface area contributed by atoms with Gasteiger partial charge >= 0.3 is 0 Å². The second-order valence-corrected chi connectivity index (χ2v) is 6.86. The van der Waals surface area contributed by atoms with E-state index in [0.717, 1.165) is 23.7 Å². The first-order valence-electron chi connectivity index (χ1n) is 8.93. The first-order chi connectivity index (χ1) is 11.5. The number of nitrogens with zero attached hydrogens (tertiary/aromatic N) is 3. The quantitative estimate of drug-likeness (QED) is 0.926. The van der Waals surface area contributed by atoms with E-state index in [1.54, 1.807) is 4.68 Å². The highest BCUT2D eigenvalue weighted by molar-refractivity contribution is 6.04. The van der Waals surface area contributed by atoms with Crippen LogP contribution in [-0.4, -0.2) is 45.7 Å². The van der Waals surface area contributed by atoms with Crippen LogP contribution in [0.3, 0.4) is 0 Å². The number of amides is 1. The van der Waals surface area contributed by atoms with Crippen LogP contribution in [0.2, 0.25) is 0 Å². The van der Waals surface area contributed by atoms with Gasteiger partial charge in [-0.05, 0) is 38.8 Å². The molecule has 0 aliphatic carbocycles. The molecule has 2 fully saturated rings. The van der Waals surface area contributed by atoms with Gasteiger partial charge in [0.1, 0.15) is 0 Å². The lowest BCUT2D eigenvalue weighted by molar-refractivity contribution is 0.0462. The molecule has 4 rings (SSSR count). The van der Waals surface area contributed by atoms with Crippen LogP contribution in [0.25, 0.3) is 10.9 Å². The van der Waals surface area contributed by atoms with Crippen molar-refractivity contribution in [2.75, 3.05) is 7.05 Å². The predicted molar refractivity (Wildman–Crippen MR) is 90.4 cm³/mol. The molecule has 2 aliphatic rings. The van der Waals surface area contributed by atoms with Crippen molar-refractivity contribution in [2.45, 2.75) is 50.2 Å². The SMILES string of the molecule is [2H]C1(NC(=O)c2nn(C)c3ccccc23)CC2CCCC(C1)N2C. The maximum Gasteiger partial charge on any atom is 0.272 e. The summed E-state index contributed by atoms with van der Waals surface area (Å²) in [6.45, 7) is 0. The molecule has 5 nitrogen and oxygen atoms in total. The third kappa shape index (κ3) is 2.53. The average molecular weight is 313 g/mol. The summed E-state index contributed by atoms with van der Waals surface area (Å²) in [5.74, 6) is -0.232. The highest BCUT2D eigenvalue weighted by atomic mass is 16.2. The Morgan fingerprint density at radius 3 is 2.70 bits per heavy atom. The molecule has 122 valence electrons. The number of carbonyl (C=O) groups is 1. The van der Waals surface area contributed by atoms with Crippen molar-refractivity contribution in [3.8, 4) is 0 Å². The Kier molecular flexibility index (Phi) is 3.32. The van der Waals surface area contributed by atoms with Gasteiger partial charge in [0.2, 0.25) is 0 Å². The summed E-state index contributed by atoms with van der Waals surface area (Å²) in [7, 11) is 4.00. The predicted octanol–water partition coefficient (Wildman–Crippen LogP) is 2.32. The fraction of sp³-hybridized carbons (Fsp3) is 0.556. The first-order valence-corrected chi connectivity index (χ1v) is 8.43. The molecule has 2 atom stereocenters. The van der Waals surface area contributed by atoms with Gasteiger partial charge in [0, 0.05) is 30.5 Å². The maximum atomic E-state index is 12.8. The fourth-order valence-corrected chi connectivity index (χ4v) is 4.14. The van der Waals surface area contributed by atoms with Crippen molar-refractivity contribution in [3.05, 3.63) is 30.0 Å². The number of piperidine rings is 2. The minimum atomic E-state index is -0.891. The van der Waals surface area contributed by atoms with Crippen LogP contribution in [-0.2, 0) is 7.05 Å². The van der Waals surface area contributed by atoms with E-state index < -0.39 is 6.02 Å². The maximum absolute atomic E-state index is 12.8. The highest BCUT2D eigenvalue weighted by Crippen LogP contribution is 2.32. The second-order valence-electron chi connectivity index (χ2n) is 6.86. The Morgan fingerprint density at radius 2 is 1.96 bits per heavy atom. The van der Waals surface area contributed by atoms with Crippen molar-refractivity contribution >= 4 is 16.8 Å². The minimum absolute atomic E-state index is 0.232. The Balaban J connectivity index is 1.59. The Labute approximate surface area is 138 Å². The zero-order chi connectivity index (χ0) is 16.9. The lowest BCUT2D eigenvalue weighted by Crippen LogP contribution is -2.55. The number of nitrogens with one attached hydrogen (secondary N) is 1. The number of fused-ring (bicyclic) bond motifs is 3. The lowest BCUT2D eigenvalue weighted by atomic mass is 9.82. The molecule has 3 heterocycles. The number of carbonyl (C=O) groups excluding carboxylic acids is 1. The van der Waals surface area contributed by atoms with Crippen molar-refractivity contribution in [1.82, 2.24) is 20.0 Å². The van der Waals surface area contributed by atoms with Gasteiger partial charge < -0.3 is 10.2 Å². The molecule has 2 saturated heterocycles. The second kappa shape index (κ2) is 5.64. The molecule has 1 N–H and O–H groups in total. The van der Waals surface area contributed by atoms with Crippen molar-refractivity contribution in [2.24, 2.45) is 7.05 Å². The van der Waals surface area contributed by atoms with Crippen LogP contribution < -0.4 is 5.32 Å². The highest BCUT2D eigenvalue weighted by Gasteiger charge is 2.36. The summed E-state index contributed by atoms with van der Waals surface area (Å²) in [5.41, 5.74) is 1.35. The van der Waals surface area contributed by atoms with Gasteiger partial charge in [0.05, 0.1) is 6.89 Å². The molecule has 1 aromatic heterocycles. The monoisotopic (exact) mass is 313 g/mol. The van der Waals surface area contributed by atoms with E-state index in [2.05, 4.69) is 22.4 Å². The normalized spacial score (nSPS) is 31.8. The van der Waals surface area contributed by atoms with Gasteiger partial charge in [0.25, 0.3) is 5.91 Å². The molecule has 5 heteroatoms. The van der Waals surface area contributed by atoms with E-state index in [0.29, 0.717) is 30.6 Å². The van der Waals surface area contributed by atoms with Crippen LogP contribution in [0.5, 0.6) is 0 Å². The molecule has 2 unspecified atom stereocenters. The summed E-state index contributed by atoms with van der Waals surface area (Å²) in [6, 6.07) is 7.63. The van der Waals surface area contributed by atoms with Gasteiger partial charge in [-0.3, -0.25) is 9.48 Å². The van der Waals surface area contributed by atoms with Gasteiger partial charge in [0.15, 0.2) is 5.69 Å². The van der Waals surface area contributed by atoms with Crippen LogP contribution in [0.1, 0.15) is 44.0 Å². The Bertz CT molecular complexity index is 772. The summed E-state index contributed by atoms with van der Waals surface area (Å²) >= 11 is 0. The standard InChI is InChI=1S/C18H24N4O/c1-21-13-6-5-7-14(21)11-12(10-13)19-18(23)17-15-8-3-4-9-16(15)22(2)20-17/h3-4,8-9,12-14H,5-7,10-11H2,1-2H3,(H,19,23)/i12D. The Morgan fingerprint density at radius 1 is 1.26 bits per heavy atom. The van der Waals surface area contributed by atoms with E-state index in [-0.39, 0.29) is 5.91 Å². The Hall–Kier alpha value is -1.88. The molecular formula is C18H24N4O. The van der Waals surface area contributed by atoms with Crippen molar-refractivity contribution in [3.63, 3.8) is 0 Å². The number of hydrogen-bond donors (Lipinski definition) is 1. The lowest BCUT2D eigenvalue weighted by Gasteiger charge is -2.47. The van der Waals surface area contributed by atoms with E-state index in [4.69, 9.17) is 1.37 Å². The summed E-state index contributed by atoms with van der Waals surface area (Å²) in [6.07, 6.45) is 4.85. The van der Waals surface area contributed by atoms with Crippen LogP contribution >= 0.6 is 0 Å². The van der Waals surface area contributed by atoms with Crippen LogP contribution in [0, 0.1) is 0 Å². The summed E-state index contributed by atoms with van der Waals surface area (Å²) in [4.78, 5) is 15.2. The molecule has 0 radical (unpaired) electrons. The molecule has 0 spiro atoms. The molecule has 2 aliphatic heterocycles.